The molecule has 4 aromatic rings. The minimum atomic E-state index is 1.01. The van der Waals surface area contributed by atoms with E-state index in [9.17, 15) is 0 Å². The number of aryl methyl sites for hydroxylation is 1. The van der Waals surface area contributed by atoms with Crippen molar-refractivity contribution in [3.05, 3.63) is 118 Å². The second-order valence-electron chi connectivity index (χ2n) is 8.32. The van der Waals surface area contributed by atoms with Crippen molar-refractivity contribution >= 4 is 16.9 Å². The van der Waals surface area contributed by atoms with Crippen molar-refractivity contribution in [2.75, 3.05) is 18.0 Å². The van der Waals surface area contributed by atoms with Gasteiger partial charge in [0.2, 0.25) is 0 Å². The Balaban J connectivity index is 1.72. The van der Waals surface area contributed by atoms with Crippen molar-refractivity contribution in [3.63, 3.8) is 0 Å². The fraction of sp³-hybridized carbons (Fsp3) is 0.167. The molecular weight excluding hydrogens is 388 g/mol. The van der Waals surface area contributed by atoms with Crippen molar-refractivity contribution < 1.29 is 0 Å². The third kappa shape index (κ3) is 3.62. The summed E-state index contributed by atoms with van der Waals surface area (Å²) in [6, 6.07) is 32.9. The van der Waals surface area contributed by atoms with Gasteiger partial charge in [-0.25, -0.2) is 4.99 Å². The molecule has 0 saturated heterocycles. The van der Waals surface area contributed by atoms with Gasteiger partial charge in [0, 0.05) is 29.9 Å². The van der Waals surface area contributed by atoms with E-state index in [-0.39, 0.29) is 0 Å². The lowest BCUT2D eigenvalue weighted by atomic mass is 9.93. The Hall–Kier alpha value is -3.65. The maximum absolute atomic E-state index is 4.81. The van der Waals surface area contributed by atoms with E-state index in [0.29, 0.717) is 0 Å². The Kier molecular flexibility index (Phi) is 5.36. The van der Waals surface area contributed by atoms with Gasteiger partial charge in [0.25, 0.3) is 0 Å². The molecule has 4 aromatic carbocycles. The Morgan fingerprint density at radius 3 is 2.06 bits per heavy atom. The predicted octanol–water partition coefficient (Wildman–Crippen LogP) is 6.02. The Bertz CT molecular complexity index is 1380. The molecule has 0 radical (unpaired) electrons. The highest BCUT2D eigenvalue weighted by molar-refractivity contribution is 5.83. The van der Waals surface area contributed by atoms with E-state index in [2.05, 4.69) is 117 Å². The van der Waals surface area contributed by atoms with E-state index in [4.69, 9.17) is 4.99 Å². The summed E-state index contributed by atoms with van der Waals surface area (Å²) in [6.45, 7) is 8.57. The molecule has 0 atom stereocenters. The van der Waals surface area contributed by atoms with Crippen LogP contribution in [-0.4, -0.2) is 13.1 Å². The van der Waals surface area contributed by atoms with E-state index in [1.165, 1.54) is 44.3 Å². The van der Waals surface area contributed by atoms with Gasteiger partial charge in [-0.2, -0.15) is 0 Å². The van der Waals surface area contributed by atoms with Crippen LogP contribution in [0.1, 0.15) is 30.5 Å². The van der Waals surface area contributed by atoms with E-state index in [1.807, 2.05) is 0 Å². The van der Waals surface area contributed by atoms with Crippen LogP contribution in [0, 0.1) is 6.92 Å². The van der Waals surface area contributed by atoms with Gasteiger partial charge in [0.15, 0.2) is 0 Å². The predicted molar refractivity (Wildman–Crippen MR) is 135 cm³/mol. The smallest absolute Gasteiger partial charge is 0.0716 e. The minimum Gasteiger partial charge on any atom is -0.372 e. The molecule has 2 nitrogen and oxygen atoms in total. The fourth-order valence-corrected chi connectivity index (χ4v) is 4.58. The van der Waals surface area contributed by atoms with Crippen LogP contribution in [0.4, 0.5) is 11.4 Å². The van der Waals surface area contributed by atoms with Crippen molar-refractivity contribution in [1.82, 2.24) is 0 Å². The molecule has 158 valence electrons. The molecule has 2 heteroatoms. The normalized spacial score (nSPS) is 12.6. The molecule has 0 bridgehead atoms. The Morgan fingerprint density at radius 1 is 0.719 bits per heavy atom. The topological polar surface area (TPSA) is 15.6 Å². The summed E-state index contributed by atoms with van der Waals surface area (Å²) in [5, 5.41) is 2.27. The van der Waals surface area contributed by atoms with Gasteiger partial charge in [-0.15, -0.1) is 0 Å². The van der Waals surface area contributed by atoms with Crippen LogP contribution in [0.25, 0.3) is 16.7 Å². The van der Waals surface area contributed by atoms with Gasteiger partial charge in [-0.3, -0.25) is 0 Å². The van der Waals surface area contributed by atoms with E-state index in [1.54, 1.807) is 0 Å². The molecule has 1 aliphatic rings. The summed E-state index contributed by atoms with van der Waals surface area (Å²) in [7, 11) is 0. The zero-order valence-corrected chi connectivity index (χ0v) is 19.0. The van der Waals surface area contributed by atoms with Crippen molar-refractivity contribution in [2.45, 2.75) is 20.8 Å². The van der Waals surface area contributed by atoms with E-state index >= 15 is 0 Å². The molecule has 0 amide bonds. The summed E-state index contributed by atoms with van der Waals surface area (Å²) in [5.74, 6) is 0. The molecule has 32 heavy (non-hydrogen) atoms. The van der Waals surface area contributed by atoms with Crippen molar-refractivity contribution in [2.24, 2.45) is 4.99 Å². The lowest BCUT2D eigenvalue weighted by Crippen LogP contribution is -2.21. The van der Waals surface area contributed by atoms with Gasteiger partial charge in [0.1, 0.15) is 0 Å². The first-order chi connectivity index (χ1) is 15.7. The van der Waals surface area contributed by atoms with E-state index < -0.39 is 0 Å². The monoisotopic (exact) mass is 416 g/mol. The maximum Gasteiger partial charge on any atom is 0.0716 e. The summed E-state index contributed by atoms with van der Waals surface area (Å²) < 4.78 is 0. The van der Waals surface area contributed by atoms with Crippen LogP contribution in [-0.2, 0) is 0 Å². The molecule has 0 fully saturated rings. The van der Waals surface area contributed by atoms with Crippen LogP contribution < -0.4 is 15.5 Å². The number of hydrogen-bond acceptors (Lipinski definition) is 2. The number of para-hydroxylation sites is 1. The number of anilines is 1. The molecule has 0 N–H and O–H groups in total. The molecule has 1 heterocycles. The van der Waals surface area contributed by atoms with Gasteiger partial charge in [-0.1, -0.05) is 66.2 Å². The number of rotatable bonds is 5. The van der Waals surface area contributed by atoms with Crippen LogP contribution in [0.15, 0.2) is 96.0 Å². The standard InChI is InChI=1S/C30H28N2/c1-4-32(5-2)25-17-14-23(15-18-25)30(22-12-10-21(3)11-13-22)24-16-19-29-27(20-24)26-8-6-7-9-28(26)31-29/h6-20H,4-5H2,1-3H3. The lowest BCUT2D eigenvalue weighted by Gasteiger charge is -2.21. The number of hydrogen-bond donors (Lipinski definition) is 0. The highest BCUT2D eigenvalue weighted by Crippen LogP contribution is 2.31. The van der Waals surface area contributed by atoms with Crippen molar-refractivity contribution in [3.8, 4) is 11.1 Å². The quantitative estimate of drug-likeness (QED) is 0.342. The molecule has 0 saturated carbocycles. The van der Waals surface area contributed by atoms with Gasteiger partial charge in [-0.05, 0) is 73.0 Å². The zero-order chi connectivity index (χ0) is 22.1. The molecule has 0 aliphatic carbocycles. The highest BCUT2D eigenvalue weighted by Gasteiger charge is 2.14. The van der Waals surface area contributed by atoms with Gasteiger partial charge in [0.05, 0.1) is 11.0 Å². The second kappa shape index (κ2) is 8.47. The maximum atomic E-state index is 4.81. The van der Waals surface area contributed by atoms with E-state index in [0.717, 1.165) is 24.1 Å². The van der Waals surface area contributed by atoms with Crippen LogP contribution in [0.5, 0.6) is 0 Å². The SMILES string of the molecule is CCN(CC)c1ccc(C(c2ccc(C)cc2)=c2ccc3c(c2)-c2ccccc2N=3)cc1. The fourth-order valence-electron chi connectivity index (χ4n) is 4.58. The molecule has 1 aliphatic heterocycles. The summed E-state index contributed by atoms with van der Waals surface area (Å²) in [6.07, 6.45) is 0. The van der Waals surface area contributed by atoms with Crippen LogP contribution in [0.2, 0.25) is 0 Å². The first kappa shape index (κ1) is 20.3. The second-order valence-corrected chi connectivity index (χ2v) is 8.32. The highest BCUT2D eigenvalue weighted by atomic mass is 15.1. The molecule has 0 spiro atoms. The first-order valence-corrected chi connectivity index (χ1v) is 11.4. The molecule has 0 aromatic heterocycles. The average molecular weight is 417 g/mol. The summed E-state index contributed by atoms with van der Waals surface area (Å²) >= 11 is 0. The molecule has 0 unspecified atom stereocenters. The number of fused-ring (bicyclic) bond motifs is 3. The zero-order valence-electron chi connectivity index (χ0n) is 19.0. The minimum absolute atomic E-state index is 1.01. The average Bonchev–Trinajstić information content (AvgIpc) is 3.20. The van der Waals surface area contributed by atoms with Crippen molar-refractivity contribution in [1.29, 1.82) is 0 Å². The molecular formula is C30H28N2. The molecule has 5 rings (SSSR count). The number of nitrogens with zero attached hydrogens (tertiary/aromatic N) is 2. The lowest BCUT2D eigenvalue weighted by molar-refractivity contribution is 0.866. The van der Waals surface area contributed by atoms with Crippen LogP contribution >= 0.6 is 0 Å². The number of benzene rings is 4. The van der Waals surface area contributed by atoms with Gasteiger partial charge >= 0.3 is 0 Å². The van der Waals surface area contributed by atoms with Crippen LogP contribution in [0.3, 0.4) is 0 Å². The summed E-state index contributed by atoms with van der Waals surface area (Å²) in [5.41, 5.74) is 9.73. The summed E-state index contributed by atoms with van der Waals surface area (Å²) in [4.78, 5) is 7.19. The Labute approximate surface area is 190 Å². The largest absolute Gasteiger partial charge is 0.372 e. The third-order valence-electron chi connectivity index (χ3n) is 6.35. The Morgan fingerprint density at radius 2 is 1.38 bits per heavy atom. The van der Waals surface area contributed by atoms with Gasteiger partial charge < -0.3 is 4.90 Å². The first-order valence-electron chi connectivity index (χ1n) is 11.4. The third-order valence-corrected chi connectivity index (χ3v) is 6.35.